The quantitative estimate of drug-likeness (QED) is 0.795. The monoisotopic (exact) mass is 283 g/mol. The van der Waals surface area contributed by atoms with E-state index in [2.05, 4.69) is 20.3 Å². The van der Waals surface area contributed by atoms with Gasteiger partial charge >= 0.3 is 0 Å². The molecule has 3 aromatic rings. The highest BCUT2D eigenvalue weighted by Crippen LogP contribution is 2.30. The molecule has 0 saturated heterocycles. The van der Waals surface area contributed by atoms with Crippen molar-refractivity contribution in [2.24, 2.45) is 0 Å². The predicted octanol–water partition coefficient (Wildman–Crippen LogP) is 2.71. The van der Waals surface area contributed by atoms with Crippen LogP contribution in [-0.4, -0.2) is 22.1 Å². The zero-order valence-corrected chi connectivity index (χ0v) is 11.3. The zero-order chi connectivity index (χ0) is 13.9. The van der Waals surface area contributed by atoms with E-state index < -0.39 is 0 Å². The molecule has 0 radical (unpaired) electrons. The summed E-state index contributed by atoms with van der Waals surface area (Å²) in [5, 5.41) is 12.4. The van der Waals surface area contributed by atoms with Gasteiger partial charge in [-0.05, 0) is 18.2 Å². The van der Waals surface area contributed by atoms with Crippen LogP contribution in [0.1, 0.15) is 5.69 Å². The van der Waals surface area contributed by atoms with E-state index in [4.69, 9.17) is 10.00 Å². The van der Waals surface area contributed by atoms with Crippen molar-refractivity contribution in [1.29, 1.82) is 5.26 Å². The van der Waals surface area contributed by atoms with Crippen molar-refractivity contribution < 1.29 is 4.74 Å². The number of methoxy groups -OCH3 is 1. The number of ether oxygens (including phenoxy) is 1. The van der Waals surface area contributed by atoms with Crippen LogP contribution in [-0.2, 0) is 0 Å². The fourth-order valence-corrected chi connectivity index (χ4v) is 2.55. The predicted molar refractivity (Wildman–Crippen MR) is 76.2 cm³/mol. The molecule has 3 rings (SSSR count). The van der Waals surface area contributed by atoms with Crippen molar-refractivity contribution in [1.82, 2.24) is 15.0 Å². The maximum Gasteiger partial charge on any atom is 0.189 e. The van der Waals surface area contributed by atoms with Crippen LogP contribution in [0.15, 0.2) is 30.6 Å². The summed E-state index contributed by atoms with van der Waals surface area (Å²) in [5.41, 5.74) is 1.17. The normalized spacial score (nSPS) is 10.2. The lowest BCUT2D eigenvalue weighted by Gasteiger charge is -1.99. The first-order valence-electron chi connectivity index (χ1n) is 5.72. The standard InChI is InChI=1S/C13H9N5OS/c1-19-9-2-3-10-11(4-9)20-13(17-10)18-12-7-15-8(5-14)6-16-12/h2-4,6-7H,1H3,(H,16,17,18). The molecule has 0 unspecified atom stereocenters. The van der Waals surface area contributed by atoms with Crippen molar-refractivity contribution in [2.75, 3.05) is 12.4 Å². The Morgan fingerprint density at radius 1 is 1.30 bits per heavy atom. The molecule has 0 amide bonds. The Morgan fingerprint density at radius 2 is 2.20 bits per heavy atom. The number of hydrogen-bond donors (Lipinski definition) is 1. The topological polar surface area (TPSA) is 83.7 Å². The third-order valence-corrected chi connectivity index (χ3v) is 3.53. The van der Waals surface area contributed by atoms with E-state index in [0.717, 1.165) is 16.0 Å². The molecule has 7 heteroatoms. The Kier molecular flexibility index (Phi) is 3.15. The van der Waals surface area contributed by atoms with Crippen LogP contribution in [0.4, 0.5) is 10.9 Å². The lowest BCUT2D eigenvalue weighted by Crippen LogP contribution is -1.94. The van der Waals surface area contributed by atoms with Crippen LogP contribution < -0.4 is 10.1 Å². The molecule has 0 bridgehead atoms. The number of benzene rings is 1. The van der Waals surface area contributed by atoms with Gasteiger partial charge in [0.25, 0.3) is 0 Å². The number of nitrogens with one attached hydrogen (secondary N) is 1. The average molecular weight is 283 g/mol. The van der Waals surface area contributed by atoms with Gasteiger partial charge in [-0.1, -0.05) is 11.3 Å². The molecule has 98 valence electrons. The Balaban J connectivity index is 1.88. The summed E-state index contributed by atoms with van der Waals surface area (Å²) >= 11 is 1.50. The minimum Gasteiger partial charge on any atom is -0.497 e. The van der Waals surface area contributed by atoms with Crippen molar-refractivity contribution in [3.8, 4) is 11.8 Å². The molecule has 20 heavy (non-hydrogen) atoms. The van der Waals surface area contributed by atoms with E-state index in [0.29, 0.717) is 10.9 Å². The van der Waals surface area contributed by atoms with Crippen molar-refractivity contribution in [2.45, 2.75) is 0 Å². The molecule has 1 N–H and O–H groups in total. The number of hydrogen-bond acceptors (Lipinski definition) is 7. The highest BCUT2D eigenvalue weighted by Gasteiger charge is 2.06. The van der Waals surface area contributed by atoms with Gasteiger partial charge in [0.1, 0.15) is 11.8 Å². The van der Waals surface area contributed by atoms with E-state index in [1.54, 1.807) is 7.11 Å². The third-order valence-electron chi connectivity index (χ3n) is 2.60. The molecule has 0 saturated carbocycles. The van der Waals surface area contributed by atoms with Gasteiger partial charge in [-0.15, -0.1) is 0 Å². The summed E-state index contributed by atoms with van der Waals surface area (Å²) < 4.78 is 6.20. The smallest absolute Gasteiger partial charge is 0.189 e. The average Bonchev–Trinajstić information content (AvgIpc) is 2.89. The first-order chi connectivity index (χ1) is 9.78. The molecule has 0 aliphatic rings. The van der Waals surface area contributed by atoms with Gasteiger partial charge in [0.15, 0.2) is 16.6 Å². The van der Waals surface area contributed by atoms with Crippen LogP contribution in [0.25, 0.3) is 10.2 Å². The highest BCUT2D eigenvalue weighted by atomic mass is 32.1. The Morgan fingerprint density at radius 3 is 2.90 bits per heavy atom. The Labute approximate surface area is 118 Å². The molecule has 0 spiro atoms. The molecule has 2 heterocycles. The van der Waals surface area contributed by atoms with Crippen LogP contribution in [0, 0.1) is 11.3 Å². The van der Waals surface area contributed by atoms with Crippen molar-refractivity contribution in [3.05, 3.63) is 36.3 Å². The number of rotatable bonds is 3. The maximum absolute atomic E-state index is 8.67. The maximum atomic E-state index is 8.67. The van der Waals surface area contributed by atoms with Crippen molar-refractivity contribution in [3.63, 3.8) is 0 Å². The lowest BCUT2D eigenvalue weighted by molar-refractivity contribution is 0.415. The van der Waals surface area contributed by atoms with Gasteiger partial charge < -0.3 is 10.1 Å². The van der Waals surface area contributed by atoms with Gasteiger partial charge in [0.2, 0.25) is 0 Å². The van der Waals surface area contributed by atoms with E-state index in [1.807, 2.05) is 24.3 Å². The summed E-state index contributed by atoms with van der Waals surface area (Å²) in [5.74, 6) is 1.35. The summed E-state index contributed by atoms with van der Waals surface area (Å²) in [6.45, 7) is 0. The molecule has 0 atom stereocenters. The van der Waals surface area contributed by atoms with Crippen LogP contribution in [0.2, 0.25) is 0 Å². The third kappa shape index (κ3) is 2.37. The number of nitrogens with zero attached hydrogens (tertiary/aromatic N) is 4. The Hall–Kier alpha value is -2.72. The second-order valence-electron chi connectivity index (χ2n) is 3.88. The number of anilines is 2. The van der Waals surface area contributed by atoms with E-state index in [9.17, 15) is 0 Å². The minimum absolute atomic E-state index is 0.282. The molecule has 0 aliphatic heterocycles. The Bertz CT molecular complexity index is 791. The van der Waals surface area contributed by atoms with Gasteiger partial charge in [0, 0.05) is 0 Å². The van der Waals surface area contributed by atoms with E-state index in [1.165, 1.54) is 23.7 Å². The summed E-state index contributed by atoms with van der Waals surface area (Å²) in [4.78, 5) is 12.5. The largest absolute Gasteiger partial charge is 0.497 e. The lowest BCUT2D eigenvalue weighted by atomic mass is 10.3. The van der Waals surface area contributed by atoms with Gasteiger partial charge in [0.05, 0.1) is 29.7 Å². The number of thiazole rings is 1. The number of aromatic nitrogens is 3. The van der Waals surface area contributed by atoms with Gasteiger partial charge in [-0.2, -0.15) is 5.26 Å². The second-order valence-corrected chi connectivity index (χ2v) is 4.91. The van der Waals surface area contributed by atoms with Crippen molar-refractivity contribution >= 4 is 32.5 Å². The van der Waals surface area contributed by atoms with Crippen LogP contribution in [0.5, 0.6) is 5.75 Å². The number of fused-ring (bicyclic) bond motifs is 1. The molecule has 0 fully saturated rings. The van der Waals surface area contributed by atoms with E-state index in [-0.39, 0.29) is 5.69 Å². The fraction of sp³-hybridized carbons (Fsp3) is 0.0769. The molecule has 2 aromatic heterocycles. The molecule has 6 nitrogen and oxygen atoms in total. The summed E-state index contributed by atoms with van der Waals surface area (Å²) in [6, 6.07) is 7.63. The SMILES string of the molecule is COc1ccc2nc(Nc3cnc(C#N)cn3)sc2c1. The van der Waals surface area contributed by atoms with Gasteiger partial charge in [-0.25, -0.2) is 15.0 Å². The zero-order valence-electron chi connectivity index (χ0n) is 10.5. The van der Waals surface area contributed by atoms with Gasteiger partial charge in [-0.3, -0.25) is 0 Å². The molecular formula is C13H9N5OS. The first kappa shape index (κ1) is 12.3. The van der Waals surface area contributed by atoms with Crippen LogP contribution in [0.3, 0.4) is 0 Å². The summed E-state index contributed by atoms with van der Waals surface area (Å²) in [6.07, 6.45) is 2.92. The minimum atomic E-state index is 0.282. The van der Waals surface area contributed by atoms with E-state index >= 15 is 0 Å². The molecular weight excluding hydrogens is 274 g/mol. The second kappa shape index (κ2) is 5.11. The first-order valence-corrected chi connectivity index (χ1v) is 6.54. The molecule has 0 aliphatic carbocycles. The summed E-state index contributed by atoms with van der Waals surface area (Å²) in [7, 11) is 1.63. The highest BCUT2D eigenvalue weighted by molar-refractivity contribution is 7.22. The fourth-order valence-electron chi connectivity index (χ4n) is 1.65. The van der Waals surface area contributed by atoms with Crippen LogP contribution >= 0.6 is 11.3 Å². The molecule has 1 aromatic carbocycles. The number of nitriles is 1.